The van der Waals surface area contributed by atoms with Crippen molar-refractivity contribution in [1.82, 2.24) is 4.90 Å². The summed E-state index contributed by atoms with van der Waals surface area (Å²) in [5, 5.41) is 27.1. The number of nitro benzene ring substituents is 1. The van der Waals surface area contributed by atoms with Gasteiger partial charge < -0.3 is 15.3 Å². The minimum atomic E-state index is -0.836. The van der Waals surface area contributed by atoms with Gasteiger partial charge in [0, 0.05) is 22.8 Å². The van der Waals surface area contributed by atoms with Gasteiger partial charge in [0.2, 0.25) is 0 Å². The van der Waals surface area contributed by atoms with E-state index in [0.29, 0.717) is 17.7 Å². The first-order chi connectivity index (χ1) is 12.3. The average molecular weight is 375 g/mol. The van der Waals surface area contributed by atoms with E-state index in [-0.39, 0.29) is 22.5 Å². The predicted octanol–water partition coefficient (Wildman–Crippen LogP) is 3.69. The van der Waals surface area contributed by atoms with Crippen LogP contribution in [0, 0.1) is 10.1 Å². The summed E-state index contributed by atoms with van der Waals surface area (Å²) in [6.45, 7) is 3.79. The molecule has 0 spiro atoms. The number of carbonyl (C=O) groups excluding carboxylic acids is 1. The van der Waals surface area contributed by atoms with Gasteiger partial charge in [-0.3, -0.25) is 14.9 Å². The lowest BCUT2D eigenvalue weighted by molar-refractivity contribution is -0.398. The maximum atomic E-state index is 13.0. The van der Waals surface area contributed by atoms with Crippen LogP contribution in [0.1, 0.15) is 42.4 Å². The monoisotopic (exact) mass is 374 g/mol. The molecule has 0 aromatic heterocycles. The second-order valence-electron chi connectivity index (χ2n) is 6.16. The number of amides is 1. The summed E-state index contributed by atoms with van der Waals surface area (Å²) in [5.74, 6) is -0.988. The zero-order valence-corrected chi connectivity index (χ0v) is 15.0. The highest BCUT2D eigenvalue weighted by molar-refractivity contribution is 6.31. The molecule has 0 fully saturated rings. The molecule has 136 valence electrons. The average Bonchev–Trinajstić information content (AvgIpc) is 2.62. The van der Waals surface area contributed by atoms with Gasteiger partial charge in [0.25, 0.3) is 11.6 Å². The first kappa shape index (κ1) is 18.0. The maximum absolute atomic E-state index is 13.0. The number of rotatable bonds is 4. The van der Waals surface area contributed by atoms with E-state index in [4.69, 9.17) is 11.6 Å². The zero-order valence-electron chi connectivity index (χ0n) is 14.2. The van der Waals surface area contributed by atoms with Crippen molar-refractivity contribution in [1.29, 1.82) is 0 Å². The summed E-state index contributed by atoms with van der Waals surface area (Å²) < 4.78 is 0. The highest BCUT2D eigenvalue weighted by atomic mass is 35.5. The van der Waals surface area contributed by atoms with Gasteiger partial charge in [0.15, 0.2) is 0 Å². The fourth-order valence-electron chi connectivity index (χ4n) is 3.09. The Kier molecular flexibility index (Phi) is 4.73. The number of fused-ring (bicyclic) bond motifs is 1. The Morgan fingerprint density at radius 1 is 1.35 bits per heavy atom. The molecular weight excluding hydrogens is 358 g/mol. The molecule has 1 N–H and O–H groups in total. The summed E-state index contributed by atoms with van der Waals surface area (Å²) in [7, 11) is 0. The number of hydrogen-bond acceptors (Lipinski definition) is 5. The van der Waals surface area contributed by atoms with Crippen LogP contribution < -0.4 is 10.4 Å². The molecule has 1 aliphatic heterocycles. The van der Waals surface area contributed by atoms with E-state index >= 15 is 0 Å². The van der Waals surface area contributed by atoms with E-state index in [0.717, 1.165) is 6.07 Å². The normalized spacial score (nSPS) is 17.4. The molecule has 0 unspecified atom stereocenters. The summed E-state index contributed by atoms with van der Waals surface area (Å²) in [6.07, 6.45) is -0.180. The summed E-state index contributed by atoms with van der Waals surface area (Å²) in [4.78, 5) is 25.0. The van der Waals surface area contributed by atoms with Gasteiger partial charge in [-0.1, -0.05) is 30.7 Å². The van der Waals surface area contributed by atoms with Crippen LogP contribution in [-0.2, 0) is 0 Å². The first-order valence-corrected chi connectivity index (χ1v) is 8.56. The van der Waals surface area contributed by atoms with Crippen molar-refractivity contribution in [3.63, 3.8) is 0 Å². The highest BCUT2D eigenvalue weighted by Crippen LogP contribution is 2.41. The second-order valence-corrected chi connectivity index (χ2v) is 6.60. The number of nitrogens with one attached hydrogen (secondary N) is 1. The molecule has 1 heterocycles. The van der Waals surface area contributed by atoms with E-state index in [1.54, 1.807) is 29.2 Å². The largest absolute Gasteiger partial charge is 0.868 e. The summed E-state index contributed by atoms with van der Waals surface area (Å²) in [5.41, 5.74) is 0.536. The number of benzene rings is 2. The minimum absolute atomic E-state index is 0.0727. The molecule has 2 aromatic rings. The summed E-state index contributed by atoms with van der Waals surface area (Å²) in [6, 6.07) is 9.19. The van der Waals surface area contributed by atoms with Gasteiger partial charge in [-0.25, -0.2) is 0 Å². The van der Waals surface area contributed by atoms with Gasteiger partial charge in [-0.15, -0.1) is 0 Å². The molecule has 1 amide bonds. The molecule has 2 aromatic carbocycles. The van der Waals surface area contributed by atoms with Crippen molar-refractivity contribution >= 4 is 28.9 Å². The SMILES string of the molecule is CC[C@@H](C)N1C(=O)c2ccccc2N[C@H]1c1cc(Cl)cc([N+](=O)[O-])c1[O-]. The van der Waals surface area contributed by atoms with Gasteiger partial charge >= 0.3 is 0 Å². The fourth-order valence-corrected chi connectivity index (χ4v) is 3.31. The number of para-hydroxylation sites is 1. The number of nitrogens with zero attached hydrogens (tertiary/aromatic N) is 2. The maximum Gasteiger partial charge on any atom is 0.263 e. The zero-order chi connectivity index (χ0) is 19.0. The van der Waals surface area contributed by atoms with Crippen molar-refractivity contribution in [3.8, 4) is 5.75 Å². The number of carbonyl (C=O) groups is 1. The second kappa shape index (κ2) is 6.84. The Balaban J connectivity index is 2.19. The Hall–Kier alpha value is -2.80. The van der Waals surface area contributed by atoms with Crippen LogP contribution in [0.5, 0.6) is 5.75 Å². The Labute approximate surface area is 155 Å². The minimum Gasteiger partial charge on any atom is -0.868 e. The van der Waals surface area contributed by atoms with Crippen LogP contribution in [0.2, 0.25) is 5.02 Å². The van der Waals surface area contributed by atoms with Crippen LogP contribution in [0.3, 0.4) is 0 Å². The van der Waals surface area contributed by atoms with Gasteiger partial charge in [0.05, 0.1) is 10.5 Å². The van der Waals surface area contributed by atoms with Gasteiger partial charge in [-0.2, -0.15) is 0 Å². The molecule has 0 radical (unpaired) electrons. The van der Waals surface area contributed by atoms with Gasteiger partial charge in [0.1, 0.15) is 6.17 Å². The van der Waals surface area contributed by atoms with Crippen LogP contribution >= 0.6 is 11.6 Å². The fraction of sp³-hybridized carbons (Fsp3) is 0.278. The Bertz CT molecular complexity index is 887. The molecule has 26 heavy (non-hydrogen) atoms. The van der Waals surface area contributed by atoms with E-state index < -0.39 is 22.5 Å². The van der Waals surface area contributed by atoms with Crippen LogP contribution in [0.4, 0.5) is 11.4 Å². The topological polar surface area (TPSA) is 98.5 Å². The van der Waals surface area contributed by atoms with Crippen LogP contribution in [-0.4, -0.2) is 21.8 Å². The third-order valence-corrected chi connectivity index (χ3v) is 4.80. The Morgan fingerprint density at radius 3 is 2.69 bits per heavy atom. The summed E-state index contributed by atoms with van der Waals surface area (Å²) >= 11 is 6.01. The molecule has 1 aliphatic rings. The van der Waals surface area contributed by atoms with Crippen LogP contribution in [0.25, 0.3) is 0 Å². The standard InChI is InChI=1S/C18H18ClN3O4/c1-3-10(2)21-17(20-14-7-5-4-6-12(14)18(21)24)13-8-11(19)9-15(16(13)23)22(25)26/h4-10,17,20,23H,3H2,1-2H3/p-1/t10-,17-/m1/s1. The molecule has 0 bridgehead atoms. The van der Waals surface area contributed by atoms with Crippen LogP contribution in [0.15, 0.2) is 36.4 Å². The molecule has 0 saturated carbocycles. The van der Waals surface area contributed by atoms with Crippen molar-refractivity contribution in [2.45, 2.75) is 32.5 Å². The predicted molar refractivity (Wildman–Crippen MR) is 96.3 cm³/mol. The van der Waals surface area contributed by atoms with E-state index in [2.05, 4.69) is 5.32 Å². The quantitative estimate of drug-likeness (QED) is 0.650. The van der Waals surface area contributed by atoms with E-state index in [9.17, 15) is 20.0 Å². The third kappa shape index (κ3) is 2.94. The molecule has 7 nitrogen and oxygen atoms in total. The third-order valence-electron chi connectivity index (χ3n) is 4.58. The molecule has 2 atom stereocenters. The molecular formula is C18H17ClN3O4-. The van der Waals surface area contributed by atoms with Crippen molar-refractivity contribution < 1.29 is 14.8 Å². The highest BCUT2D eigenvalue weighted by Gasteiger charge is 2.36. The Morgan fingerprint density at radius 2 is 2.04 bits per heavy atom. The lowest BCUT2D eigenvalue weighted by Crippen LogP contribution is -2.47. The van der Waals surface area contributed by atoms with Crippen molar-refractivity contribution in [2.24, 2.45) is 0 Å². The number of halogens is 1. The lowest BCUT2D eigenvalue weighted by atomic mass is 10.00. The molecule has 3 rings (SSSR count). The van der Waals surface area contributed by atoms with Crippen molar-refractivity contribution in [3.05, 3.63) is 62.7 Å². The number of anilines is 1. The molecule has 0 aliphatic carbocycles. The number of hydrogen-bond donors (Lipinski definition) is 1. The smallest absolute Gasteiger partial charge is 0.263 e. The molecule has 0 saturated heterocycles. The lowest BCUT2D eigenvalue weighted by Gasteiger charge is -2.42. The van der Waals surface area contributed by atoms with E-state index in [1.807, 2.05) is 13.8 Å². The first-order valence-electron chi connectivity index (χ1n) is 8.18. The van der Waals surface area contributed by atoms with Crippen molar-refractivity contribution in [2.75, 3.05) is 5.32 Å². The van der Waals surface area contributed by atoms with E-state index in [1.165, 1.54) is 6.07 Å². The molecule has 8 heteroatoms. The number of nitro groups is 1. The van der Waals surface area contributed by atoms with Gasteiger partial charge in [-0.05, 0) is 42.9 Å².